The van der Waals surface area contributed by atoms with Gasteiger partial charge in [0.2, 0.25) is 0 Å². The molecule has 0 saturated heterocycles. The van der Waals surface area contributed by atoms with E-state index in [0.717, 1.165) is 11.0 Å². The summed E-state index contributed by atoms with van der Waals surface area (Å²) in [6.45, 7) is 0. The summed E-state index contributed by atoms with van der Waals surface area (Å²) in [6.07, 6.45) is 0. The van der Waals surface area contributed by atoms with E-state index in [9.17, 15) is 4.39 Å². The van der Waals surface area contributed by atoms with Crippen LogP contribution < -0.4 is 0 Å². The van der Waals surface area contributed by atoms with Crippen molar-refractivity contribution in [2.45, 2.75) is 5.88 Å². The third kappa shape index (κ3) is 1.79. The number of fused-ring (bicyclic) bond motifs is 5. The zero-order valence-corrected chi connectivity index (χ0v) is 12.2. The van der Waals surface area contributed by atoms with Gasteiger partial charge in [-0.2, -0.15) is 0 Å². The quantitative estimate of drug-likeness (QED) is 0.380. The Balaban J connectivity index is 2.33. The highest BCUT2D eigenvalue weighted by molar-refractivity contribution is 6.30. The van der Waals surface area contributed by atoms with Gasteiger partial charge in [0.15, 0.2) is 0 Å². The van der Waals surface area contributed by atoms with E-state index in [0.29, 0.717) is 27.4 Å². The molecule has 0 saturated carbocycles. The molecule has 0 atom stereocenters. The van der Waals surface area contributed by atoms with E-state index >= 15 is 0 Å². The third-order valence-electron chi connectivity index (χ3n) is 3.50. The molecule has 0 spiro atoms. The third-order valence-corrected chi connectivity index (χ3v) is 3.95. The van der Waals surface area contributed by atoms with Crippen molar-refractivity contribution in [3.63, 3.8) is 0 Å². The van der Waals surface area contributed by atoms with E-state index in [1.54, 1.807) is 24.3 Å². The monoisotopic (exact) mass is 319 g/mol. The molecule has 0 radical (unpaired) electrons. The first kappa shape index (κ1) is 12.8. The number of rotatable bonds is 1. The van der Waals surface area contributed by atoms with Gasteiger partial charge in [-0.25, -0.2) is 14.4 Å². The second-order valence-electron chi connectivity index (χ2n) is 4.70. The smallest absolute Gasteiger partial charge is 0.132 e. The number of halogens is 3. The Kier molecular flexibility index (Phi) is 2.77. The first-order chi connectivity index (χ1) is 10.2. The molecule has 104 valence electrons. The fourth-order valence-corrected chi connectivity index (χ4v) is 2.96. The van der Waals surface area contributed by atoms with Crippen LogP contribution >= 0.6 is 23.2 Å². The van der Waals surface area contributed by atoms with Gasteiger partial charge in [0.1, 0.15) is 22.3 Å². The number of aromatic nitrogens is 3. The van der Waals surface area contributed by atoms with Gasteiger partial charge in [-0.3, -0.25) is 4.40 Å². The number of hydrogen-bond donors (Lipinski definition) is 0. The van der Waals surface area contributed by atoms with Crippen molar-refractivity contribution >= 4 is 50.7 Å². The molecule has 0 N–H and O–H groups in total. The van der Waals surface area contributed by atoms with E-state index in [-0.39, 0.29) is 11.7 Å². The first-order valence-electron chi connectivity index (χ1n) is 6.30. The molecule has 4 rings (SSSR count). The van der Waals surface area contributed by atoms with Crippen LogP contribution in [0.1, 0.15) is 5.82 Å². The molecule has 4 aromatic rings. The normalized spacial score (nSPS) is 11.8. The maximum Gasteiger partial charge on any atom is 0.132 e. The maximum absolute atomic E-state index is 14.0. The average molecular weight is 320 g/mol. The predicted octanol–water partition coefficient (Wildman–Crippen LogP) is 4.57. The largest absolute Gasteiger partial charge is 0.294 e. The van der Waals surface area contributed by atoms with E-state index in [4.69, 9.17) is 23.2 Å². The second kappa shape index (κ2) is 4.55. The van der Waals surface area contributed by atoms with Crippen molar-refractivity contribution in [1.82, 2.24) is 14.4 Å². The van der Waals surface area contributed by atoms with Crippen molar-refractivity contribution in [3.05, 3.63) is 53.2 Å². The summed E-state index contributed by atoms with van der Waals surface area (Å²) in [5, 5.41) is 0.885. The van der Waals surface area contributed by atoms with Crippen LogP contribution in [0.3, 0.4) is 0 Å². The second-order valence-corrected chi connectivity index (χ2v) is 5.36. The van der Waals surface area contributed by atoms with Gasteiger partial charge in [0.05, 0.1) is 22.4 Å². The van der Waals surface area contributed by atoms with Gasteiger partial charge < -0.3 is 0 Å². The molecular formula is C15H8Cl2FN3. The average Bonchev–Trinajstić information content (AvgIpc) is 2.88. The summed E-state index contributed by atoms with van der Waals surface area (Å²) in [7, 11) is 0. The molecule has 3 heterocycles. The molecule has 0 aliphatic heterocycles. The Hall–Kier alpha value is -1.91. The van der Waals surface area contributed by atoms with Gasteiger partial charge in [0, 0.05) is 5.39 Å². The Bertz CT molecular complexity index is 1010. The van der Waals surface area contributed by atoms with Gasteiger partial charge in [0.25, 0.3) is 0 Å². The molecule has 0 bridgehead atoms. The Morgan fingerprint density at radius 2 is 1.95 bits per heavy atom. The lowest BCUT2D eigenvalue weighted by molar-refractivity contribution is 0.640. The highest BCUT2D eigenvalue weighted by Crippen LogP contribution is 2.29. The van der Waals surface area contributed by atoms with Crippen molar-refractivity contribution in [2.75, 3.05) is 0 Å². The van der Waals surface area contributed by atoms with Crippen LogP contribution in [0.4, 0.5) is 4.39 Å². The zero-order valence-electron chi connectivity index (χ0n) is 10.6. The minimum Gasteiger partial charge on any atom is -0.294 e. The van der Waals surface area contributed by atoms with E-state index in [2.05, 4.69) is 9.97 Å². The highest BCUT2D eigenvalue weighted by Gasteiger charge is 2.14. The zero-order chi connectivity index (χ0) is 14.6. The fraction of sp³-hybridized carbons (Fsp3) is 0.0667. The highest BCUT2D eigenvalue weighted by atomic mass is 35.5. The molecule has 1 aromatic carbocycles. The molecule has 6 heteroatoms. The number of nitrogens with zero attached hydrogens (tertiary/aromatic N) is 3. The lowest BCUT2D eigenvalue weighted by Gasteiger charge is -2.07. The number of hydrogen-bond acceptors (Lipinski definition) is 2. The number of alkyl halides is 1. The molecule has 3 nitrogen and oxygen atoms in total. The molecule has 0 aliphatic carbocycles. The van der Waals surface area contributed by atoms with Crippen molar-refractivity contribution in [1.29, 1.82) is 0 Å². The number of pyridine rings is 1. The van der Waals surface area contributed by atoms with Crippen LogP contribution in [0.5, 0.6) is 0 Å². The Morgan fingerprint density at radius 3 is 2.76 bits per heavy atom. The molecule has 3 aromatic heterocycles. The van der Waals surface area contributed by atoms with Gasteiger partial charge >= 0.3 is 0 Å². The topological polar surface area (TPSA) is 30.2 Å². The molecule has 0 aliphatic rings. The summed E-state index contributed by atoms with van der Waals surface area (Å²) in [4.78, 5) is 8.82. The summed E-state index contributed by atoms with van der Waals surface area (Å²) in [5.41, 5.74) is 2.79. The Labute approximate surface area is 128 Å². The van der Waals surface area contributed by atoms with E-state index < -0.39 is 0 Å². The van der Waals surface area contributed by atoms with Crippen LogP contribution in [0, 0.1) is 5.82 Å². The summed E-state index contributed by atoms with van der Waals surface area (Å²) < 4.78 is 15.9. The standard InChI is InChI=1S/C15H8Cl2FN3/c16-7-14-19-10-4-5-13(17)20-15(10)12-6-8-9(18)2-1-3-11(8)21(12)14/h1-6H,7H2. The Morgan fingerprint density at radius 1 is 1.10 bits per heavy atom. The number of benzene rings is 1. The minimum absolute atomic E-state index is 0.218. The summed E-state index contributed by atoms with van der Waals surface area (Å²) in [6, 6.07) is 10.1. The van der Waals surface area contributed by atoms with Crippen LogP contribution in [0.2, 0.25) is 5.15 Å². The minimum atomic E-state index is -0.285. The first-order valence-corrected chi connectivity index (χ1v) is 7.21. The van der Waals surface area contributed by atoms with Crippen LogP contribution in [0.15, 0.2) is 36.4 Å². The molecule has 0 unspecified atom stereocenters. The summed E-state index contributed by atoms with van der Waals surface area (Å²) in [5.74, 6) is 0.575. The van der Waals surface area contributed by atoms with E-state index in [1.165, 1.54) is 6.07 Å². The molecule has 0 fully saturated rings. The lowest BCUT2D eigenvalue weighted by Crippen LogP contribution is -2.00. The van der Waals surface area contributed by atoms with Gasteiger partial charge in [-0.1, -0.05) is 17.7 Å². The predicted molar refractivity (Wildman–Crippen MR) is 82.5 cm³/mol. The van der Waals surface area contributed by atoms with E-state index in [1.807, 2.05) is 10.5 Å². The van der Waals surface area contributed by atoms with Crippen LogP contribution in [0.25, 0.3) is 27.5 Å². The van der Waals surface area contributed by atoms with Crippen LogP contribution in [-0.4, -0.2) is 14.4 Å². The van der Waals surface area contributed by atoms with Crippen molar-refractivity contribution < 1.29 is 4.39 Å². The molecule has 21 heavy (non-hydrogen) atoms. The van der Waals surface area contributed by atoms with Gasteiger partial charge in [-0.15, -0.1) is 11.6 Å². The fourth-order valence-electron chi connectivity index (χ4n) is 2.63. The van der Waals surface area contributed by atoms with Crippen molar-refractivity contribution in [3.8, 4) is 0 Å². The van der Waals surface area contributed by atoms with Crippen molar-refractivity contribution in [2.24, 2.45) is 0 Å². The van der Waals surface area contributed by atoms with Crippen LogP contribution in [-0.2, 0) is 5.88 Å². The molecule has 0 amide bonds. The SMILES string of the molecule is Fc1cccc2c1cc1c3nc(Cl)ccc3nc(CCl)n21. The lowest BCUT2D eigenvalue weighted by atomic mass is 10.2. The molecular weight excluding hydrogens is 312 g/mol. The summed E-state index contributed by atoms with van der Waals surface area (Å²) >= 11 is 12.0. The maximum atomic E-state index is 14.0. The van der Waals surface area contributed by atoms with Gasteiger partial charge in [-0.05, 0) is 30.3 Å².